The van der Waals surface area contributed by atoms with Gasteiger partial charge in [0.15, 0.2) is 0 Å². The summed E-state index contributed by atoms with van der Waals surface area (Å²) in [4.78, 5) is 0. The van der Waals surface area contributed by atoms with Crippen molar-refractivity contribution in [2.24, 2.45) is 17.8 Å². The Morgan fingerprint density at radius 3 is 1.96 bits per heavy atom. The second-order valence-corrected chi connectivity index (χ2v) is 7.81. The van der Waals surface area contributed by atoms with E-state index in [1.54, 1.807) is 0 Å². The molecule has 0 spiro atoms. The van der Waals surface area contributed by atoms with Gasteiger partial charge < -0.3 is 0 Å². The highest BCUT2D eigenvalue weighted by atomic mass is 14.4. The Hall–Kier alpha value is -1.48. The predicted molar refractivity (Wildman–Crippen MR) is 104 cm³/mol. The fourth-order valence-electron chi connectivity index (χ4n) is 4.99. The molecule has 1 aromatic rings. The topological polar surface area (TPSA) is 0 Å². The maximum atomic E-state index is 3.15. The first-order valence-electron chi connectivity index (χ1n) is 9.95. The van der Waals surface area contributed by atoms with Crippen LogP contribution < -0.4 is 0 Å². The molecule has 0 aromatic heterocycles. The van der Waals surface area contributed by atoms with Crippen molar-refractivity contribution >= 4 is 0 Å². The average Bonchev–Trinajstić information content (AvgIpc) is 2.64. The van der Waals surface area contributed by atoms with Crippen LogP contribution in [0.1, 0.15) is 82.3 Å². The van der Waals surface area contributed by atoms with E-state index in [1.807, 2.05) is 6.92 Å². The van der Waals surface area contributed by atoms with Crippen molar-refractivity contribution in [2.45, 2.75) is 71.1 Å². The van der Waals surface area contributed by atoms with E-state index in [2.05, 4.69) is 55.2 Å². The highest BCUT2D eigenvalue weighted by molar-refractivity contribution is 5.36. The van der Waals surface area contributed by atoms with Crippen LogP contribution in [0, 0.1) is 29.6 Å². The third-order valence-electron chi connectivity index (χ3n) is 6.37. The molecule has 0 aliphatic heterocycles. The summed E-state index contributed by atoms with van der Waals surface area (Å²) in [5.41, 5.74) is 2.68. The number of hydrogen-bond acceptors (Lipinski definition) is 0. The monoisotopic (exact) mass is 320 g/mol. The van der Waals surface area contributed by atoms with Crippen molar-refractivity contribution in [3.63, 3.8) is 0 Å². The highest BCUT2D eigenvalue weighted by Gasteiger charge is 2.30. The maximum Gasteiger partial charge on any atom is 0.0245 e. The lowest BCUT2D eigenvalue weighted by molar-refractivity contribution is 0.171. The SMILES string of the molecule is CC#Cc1ccc([C@H]2CC[C@H]([C@H]3CC[C@H](C=CC)CC3)CC2)cc1. The first kappa shape index (κ1) is 17.3. The van der Waals surface area contributed by atoms with Crippen LogP contribution >= 0.6 is 0 Å². The first-order valence-corrected chi connectivity index (χ1v) is 9.95. The number of hydrogen-bond donors (Lipinski definition) is 0. The van der Waals surface area contributed by atoms with Crippen LogP contribution in [0.5, 0.6) is 0 Å². The van der Waals surface area contributed by atoms with E-state index in [1.165, 1.54) is 56.9 Å². The molecule has 0 saturated heterocycles. The van der Waals surface area contributed by atoms with Crippen molar-refractivity contribution in [2.75, 3.05) is 0 Å². The van der Waals surface area contributed by atoms with Gasteiger partial charge in [-0.15, -0.1) is 5.92 Å². The lowest BCUT2D eigenvalue weighted by Crippen LogP contribution is -2.25. The summed E-state index contributed by atoms with van der Waals surface area (Å²) in [6.45, 7) is 4.07. The minimum Gasteiger partial charge on any atom is -0.101 e. The summed E-state index contributed by atoms with van der Waals surface area (Å²) >= 11 is 0. The smallest absolute Gasteiger partial charge is 0.0245 e. The third-order valence-corrected chi connectivity index (χ3v) is 6.37. The van der Waals surface area contributed by atoms with E-state index >= 15 is 0 Å². The van der Waals surface area contributed by atoms with Crippen molar-refractivity contribution in [1.29, 1.82) is 0 Å². The molecular formula is C24H32. The average molecular weight is 321 g/mol. The van der Waals surface area contributed by atoms with Gasteiger partial charge in [-0.1, -0.05) is 30.2 Å². The number of rotatable bonds is 3. The van der Waals surface area contributed by atoms with Crippen LogP contribution in [0.4, 0.5) is 0 Å². The molecule has 0 unspecified atom stereocenters. The van der Waals surface area contributed by atoms with Gasteiger partial charge in [-0.2, -0.15) is 0 Å². The summed E-state index contributed by atoms with van der Waals surface area (Å²) in [6, 6.07) is 9.01. The van der Waals surface area contributed by atoms with Gasteiger partial charge in [-0.25, -0.2) is 0 Å². The van der Waals surface area contributed by atoms with Gasteiger partial charge in [0, 0.05) is 5.56 Å². The van der Waals surface area contributed by atoms with Crippen molar-refractivity contribution in [3.8, 4) is 11.8 Å². The van der Waals surface area contributed by atoms with E-state index in [0.717, 1.165) is 29.2 Å². The zero-order valence-electron chi connectivity index (χ0n) is 15.4. The summed E-state index contributed by atoms with van der Waals surface area (Å²) in [6.07, 6.45) is 16.1. The second-order valence-electron chi connectivity index (χ2n) is 7.81. The van der Waals surface area contributed by atoms with Gasteiger partial charge in [0.05, 0.1) is 0 Å². The van der Waals surface area contributed by atoms with Crippen molar-refractivity contribution in [1.82, 2.24) is 0 Å². The maximum absolute atomic E-state index is 3.15. The Bertz CT molecular complexity index is 579. The molecule has 1 aromatic carbocycles. The summed E-state index contributed by atoms with van der Waals surface area (Å²) in [5, 5.41) is 0. The molecule has 24 heavy (non-hydrogen) atoms. The standard InChI is InChI=1S/C24H32/c1-3-5-19-7-11-21(12-8-19)23-15-17-24(18-16-23)22-13-9-20(6-4-2)10-14-22/h3,5,9-10,13-14,19,21,23-24H,7-8,11-12,15-18H2,1-2H3/t19-,21-,23-,24-. The van der Waals surface area contributed by atoms with E-state index in [4.69, 9.17) is 0 Å². The van der Waals surface area contributed by atoms with Crippen LogP contribution in [0.2, 0.25) is 0 Å². The van der Waals surface area contributed by atoms with E-state index < -0.39 is 0 Å². The second kappa shape index (κ2) is 8.57. The van der Waals surface area contributed by atoms with Gasteiger partial charge in [0.25, 0.3) is 0 Å². The van der Waals surface area contributed by atoms with Gasteiger partial charge >= 0.3 is 0 Å². The molecule has 2 aliphatic rings. The number of allylic oxidation sites excluding steroid dienone is 2. The molecular weight excluding hydrogens is 288 g/mol. The van der Waals surface area contributed by atoms with E-state index in [-0.39, 0.29) is 0 Å². The Kier molecular flexibility index (Phi) is 6.19. The molecule has 2 fully saturated rings. The Morgan fingerprint density at radius 1 is 0.833 bits per heavy atom. The quantitative estimate of drug-likeness (QED) is 0.428. The van der Waals surface area contributed by atoms with Crippen LogP contribution in [-0.4, -0.2) is 0 Å². The molecule has 0 radical (unpaired) electrons. The molecule has 0 amide bonds. The Balaban J connectivity index is 1.49. The molecule has 2 aliphatic carbocycles. The minimum atomic E-state index is 0.782. The molecule has 0 atom stereocenters. The fourth-order valence-corrected chi connectivity index (χ4v) is 4.99. The summed E-state index contributed by atoms with van der Waals surface area (Å²) in [5.74, 6) is 9.78. The van der Waals surface area contributed by atoms with Crippen LogP contribution in [0.25, 0.3) is 0 Å². The van der Waals surface area contributed by atoms with Gasteiger partial charge in [-0.3, -0.25) is 0 Å². The van der Waals surface area contributed by atoms with Crippen molar-refractivity contribution in [3.05, 3.63) is 47.5 Å². The highest BCUT2D eigenvalue weighted by Crippen LogP contribution is 2.44. The van der Waals surface area contributed by atoms with Crippen LogP contribution in [-0.2, 0) is 0 Å². The molecule has 0 N–H and O–H groups in total. The largest absolute Gasteiger partial charge is 0.101 e. The molecule has 0 heteroatoms. The lowest BCUT2D eigenvalue weighted by atomic mass is 9.68. The third kappa shape index (κ3) is 4.32. The van der Waals surface area contributed by atoms with E-state index in [9.17, 15) is 0 Å². The van der Waals surface area contributed by atoms with E-state index in [0.29, 0.717) is 0 Å². The molecule has 128 valence electrons. The first-order chi connectivity index (χ1) is 11.8. The van der Waals surface area contributed by atoms with Gasteiger partial charge in [0.1, 0.15) is 0 Å². The van der Waals surface area contributed by atoms with Crippen LogP contribution in [0.3, 0.4) is 0 Å². The summed E-state index contributed by atoms with van der Waals surface area (Å²) in [7, 11) is 0. The summed E-state index contributed by atoms with van der Waals surface area (Å²) < 4.78 is 0. The molecule has 2 saturated carbocycles. The lowest BCUT2D eigenvalue weighted by Gasteiger charge is -2.37. The zero-order valence-corrected chi connectivity index (χ0v) is 15.4. The molecule has 0 bridgehead atoms. The molecule has 0 heterocycles. The minimum absolute atomic E-state index is 0.782. The molecule has 3 rings (SSSR count). The van der Waals surface area contributed by atoms with Gasteiger partial charge in [-0.05, 0) is 107 Å². The fraction of sp³-hybridized carbons (Fsp3) is 0.583. The Morgan fingerprint density at radius 2 is 1.42 bits per heavy atom. The zero-order chi connectivity index (χ0) is 16.8. The Labute approximate surface area is 148 Å². The normalized spacial score (nSPS) is 30.8. The van der Waals surface area contributed by atoms with Crippen molar-refractivity contribution < 1.29 is 0 Å². The predicted octanol–water partition coefficient (Wildman–Crippen LogP) is 6.71. The number of benzene rings is 1. The molecule has 0 nitrogen and oxygen atoms in total. The van der Waals surface area contributed by atoms with Gasteiger partial charge in [0.2, 0.25) is 0 Å². The van der Waals surface area contributed by atoms with Crippen LogP contribution in [0.15, 0.2) is 36.4 Å².